The third-order valence-electron chi connectivity index (χ3n) is 5.67. The van der Waals surface area contributed by atoms with Crippen LogP contribution in [0, 0.1) is 0 Å². The van der Waals surface area contributed by atoms with E-state index in [1.165, 1.54) is 32.9 Å². The van der Waals surface area contributed by atoms with Gasteiger partial charge in [0.1, 0.15) is 0 Å². The predicted octanol–water partition coefficient (Wildman–Crippen LogP) is 8.21. The van der Waals surface area contributed by atoms with Crippen LogP contribution in [0.1, 0.15) is 5.56 Å². The second-order valence-corrected chi connectivity index (χ2v) is 7.62. The van der Waals surface area contributed by atoms with Crippen LogP contribution < -0.4 is 0 Å². The Morgan fingerprint density at radius 3 is 1.94 bits per heavy atom. The lowest BCUT2D eigenvalue weighted by Gasteiger charge is -2.14. The fraction of sp³-hybridized carbons (Fsp3) is 0. The van der Waals surface area contributed by atoms with Gasteiger partial charge < -0.3 is 4.57 Å². The molecule has 4 aromatic carbocycles. The summed E-state index contributed by atoms with van der Waals surface area (Å²) < 4.78 is 2.35. The fourth-order valence-corrected chi connectivity index (χ4v) is 4.20. The molecule has 1 heteroatoms. The maximum absolute atomic E-state index is 4.30. The van der Waals surface area contributed by atoms with Crippen LogP contribution >= 0.6 is 0 Å². The molecule has 0 atom stereocenters. The first kappa shape index (κ1) is 18.9. The van der Waals surface area contributed by atoms with Crippen molar-refractivity contribution in [2.45, 2.75) is 0 Å². The van der Waals surface area contributed by atoms with E-state index in [4.69, 9.17) is 0 Å². The predicted molar refractivity (Wildman–Crippen MR) is 135 cm³/mol. The van der Waals surface area contributed by atoms with Crippen LogP contribution in [0.5, 0.6) is 0 Å². The van der Waals surface area contributed by atoms with Gasteiger partial charge in [-0.15, -0.1) is 0 Å². The van der Waals surface area contributed by atoms with E-state index in [1.54, 1.807) is 6.08 Å². The van der Waals surface area contributed by atoms with Gasteiger partial charge in [-0.1, -0.05) is 98.1 Å². The number of aromatic nitrogens is 1. The maximum Gasteiger partial charge on any atom is 0.0541 e. The molecule has 148 valence electrons. The van der Waals surface area contributed by atoms with Crippen molar-refractivity contribution in [3.05, 3.63) is 134 Å². The van der Waals surface area contributed by atoms with Gasteiger partial charge in [0.15, 0.2) is 0 Å². The third kappa shape index (κ3) is 3.41. The largest absolute Gasteiger partial charge is 0.309 e. The number of para-hydroxylation sites is 2. The van der Waals surface area contributed by atoms with E-state index >= 15 is 0 Å². The summed E-state index contributed by atoms with van der Waals surface area (Å²) in [6.07, 6.45) is 5.71. The molecule has 0 radical (unpaired) electrons. The summed E-state index contributed by atoms with van der Waals surface area (Å²) in [5.41, 5.74) is 7.94. The molecule has 0 spiro atoms. The summed E-state index contributed by atoms with van der Waals surface area (Å²) in [5, 5.41) is 2.52. The lowest BCUT2D eigenvalue weighted by Crippen LogP contribution is -1.96. The van der Waals surface area contributed by atoms with Gasteiger partial charge >= 0.3 is 0 Å². The summed E-state index contributed by atoms with van der Waals surface area (Å²) in [6.45, 7) is 8.09. The Hall–Kier alpha value is -4.10. The molecule has 1 nitrogen and oxygen atoms in total. The van der Waals surface area contributed by atoms with Crippen LogP contribution in [0.3, 0.4) is 0 Å². The summed E-state index contributed by atoms with van der Waals surface area (Å²) in [5.74, 6) is 0. The standard InChI is InChI=1S/C30H23N/c1-3-4-12-22(2)24-19-25(23-13-6-5-7-14-23)21-26(20-24)31-29-17-10-8-15-27(29)28-16-9-11-18-30(28)31/h3-21H,1-2H2/b12-4-. The number of rotatable bonds is 5. The number of nitrogens with zero attached hydrogens (tertiary/aromatic N) is 1. The van der Waals surface area contributed by atoms with Gasteiger partial charge in [-0.3, -0.25) is 0 Å². The van der Waals surface area contributed by atoms with E-state index in [1.807, 2.05) is 18.2 Å². The van der Waals surface area contributed by atoms with E-state index in [2.05, 4.69) is 109 Å². The Balaban J connectivity index is 1.82. The highest BCUT2D eigenvalue weighted by molar-refractivity contribution is 6.09. The van der Waals surface area contributed by atoms with Gasteiger partial charge in [-0.25, -0.2) is 0 Å². The minimum absolute atomic E-state index is 0.958. The molecule has 1 heterocycles. The summed E-state index contributed by atoms with van der Waals surface area (Å²) in [6, 6.07) is 34.4. The van der Waals surface area contributed by atoms with E-state index < -0.39 is 0 Å². The van der Waals surface area contributed by atoms with E-state index in [9.17, 15) is 0 Å². The zero-order chi connectivity index (χ0) is 21.2. The van der Waals surface area contributed by atoms with Gasteiger partial charge in [0.05, 0.1) is 11.0 Å². The molecule has 5 aromatic rings. The van der Waals surface area contributed by atoms with Gasteiger partial charge in [-0.2, -0.15) is 0 Å². The lowest BCUT2D eigenvalue weighted by molar-refractivity contribution is 1.18. The maximum atomic E-state index is 4.30. The Labute approximate surface area is 182 Å². The molecule has 0 fully saturated rings. The van der Waals surface area contributed by atoms with Crippen molar-refractivity contribution in [2.75, 3.05) is 0 Å². The summed E-state index contributed by atoms with van der Waals surface area (Å²) in [4.78, 5) is 0. The lowest BCUT2D eigenvalue weighted by atomic mass is 9.98. The molecule has 1 aromatic heterocycles. The average molecular weight is 398 g/mol. The average Bonchev–Trinajstić information content (AvgIpc) is 3.17. The fourth-order valence-electron chi connectivity index (χ4n) is 4.20. The number of hydrogen-bond acceptors (Lipinski definition) is 0. The molecule has 5 rings (SSSR count). The van der Waals surface area contributed by atoms with Crippen molar-refractivity contribution < 1.29 is 0 Å². The molecule has 0 saturated heterocycles. The van der Waals surface area contributed by atoms with Crippen LogP contribution in [0.4, 0.5) is 0 Å². The summed E-state index contributed by atoms with van der Waals surface area (Å²) in [7, 11) is 0. The Bertz CT molecular complexity index is 1400. The molecule has 31 heavy (non-hydrogen) atoms. The minimum atomic E-state index is 0.958. The zero-order valence-corrected chi connectivity index (χ0v) is 17.3. The molecule has 0 aliphatic rings. The molecular formula is C30H23N. The van der Waals surface area contributed by atoms with Crippen molar-refractivity contribution in [3.8, 4) is 16.8 Å². The zero-order valence-electron chi connectivity index (χ0n) is 17.3. The smallest absolute Gasteiger partial charge is 0.0541 e. The molecule has 0 aliphatic carbocycles. The SMILES string of the molecule is C=C/C=C\C(=C)c1cc(-c2ccccc2)cc(-n2c3ccccc3c3ccccc32)c1. The van der Waals surface area contributed by atoms with Crippen molar-refractivity contribution in [3.63, 3.8) is 0 Å². The van der Waals surface area contributed by atoms with Gasteiger partial charge in [0.25, 0.3) is 0 Å². The second kappa shape index (κ2) is 7.97. The number of hydrogen-bond donors (Lipinski definition) is 0. The van der Waals surface area contributed by atoms with E-state index in [-0.39, 0.29) is 0 Å². The Morgan fingerprint density at radius 2 is 1.29 bits per heavy atom. The number of benzene rings is 4. The van der Waals surface area contributed by atoms with Gasteiger partial charge in [-0.05, 0) is 52.6 Å². The topological polar surface area (TPSA) is 4.93 Å². The molecule has 0 aliphatic heterocycles. The van der Waals surface area contributed by atoms with Crippen molar-refractivity contribution >= 4 is 27.4 Å². The first-order chi connectivity index (χ1) is 15.3. The first-order valence-electron chi connectivity index (χ1n) is 10.4. The van der Waals surface area contributed by atoms with Gasteiger partial charge in [0.2, 0.25) is 0 Å². The molecule has 0 amide bonds. The van der Waals surface area contributed by atoms with Crippen molar-refractivity contribution in [2.24, 2.45) is 0 Å². The Kier molecular flexibility index (Phi) is 4.86. The van der Waals surface area contributed by atoms with Gasteiger partial charge in [0, 0.05) is 16.5 Å². The van der Waals surface area contributed by atoms with Crippen LogP contribution in [0.25, 0.3) is 44.2 Å². The normalized spacial score (nSPS) is 11.4. The molecule has 0 N–H and O–H groups in total. The Morgan fingerprint density at radius 1 is 0.677 bits per heavy atom. The molecular weight excluding hydrogens is 374 g/mol. The summed E-state index contributed by atoms with van der Waals surface area (Å²) >= 11 is 0. The van der Waals surface area contributed by atoms with Crippen LogP contribution in [-0.4, -0.2) is 4.57 Å². The molecule has 0 unspecified atom stereocenters. The minimum Gasteiger partial charge on any atom is -0.309 e. The highest BCUT2D eigenvalue weighted by Crippen LogP contribution is 2.34. The highest BCUT2D eigenvalue weighted by Gasteiger charge is 2.13. The van der Waals surface area contributed by atoms with Crippen LogP contribution in [0.2, 0.25) is 0 Å². The number of fused-ring (bicyclic) bond motifs is 3. The first-order valence-corrected chi connectivity index (χ1v) is 10.4. The van der Waals surface area contributed by atoms with Crippen molar-refractivity contribution in [1.29, 1.82) is 0 Å². The number of allylic oxidation sites excluding steroid dienone is 4. The van der Waals surface area contributed by atoms with Crippen LogP contribution in [0.15, 0.2) is 128 Å². The molecule has 0 bridgehead atoms. The van der Waals surface area contributed by atoms with E-state index in [0.717, 1.165) is 16.8 Å². The molecule has 0 saturated carbocycles. The van der Waals surface area contributed by atoms with Crippen molar-refractivity contribution in [1.82, 2.24) is 4.57 Å². The van der Waals surface area contributed by atoms with Crippen LogP contribution in [-0.2, 0) is 0 Å². The van der Waals surface area contributed by atoms with E-state index in [0.29, 0.717) is 0 Å². The quantitative estimate of drug-likeness (QED) is 0.263. The second-order valence-electron chi connectivity index (χ2n) is 7.62. The highest BCUT2D eigenvalue weighted by atomic mass is 15.0. The third-order valence-corrected chi connectivity index (χ3v) is 5.67. The monoisotopic (exact) mass is 397 g/mol.